The van der Waals surface area contributed by atoms with Crippen LogP contribution in [0.15, 0.2) is 12.3 Å². The lowest BCUT2D eigenvalue weighted by Gasteiger charge is -2.28. The molecule has 1 aliphatic carbocycles. The molecule has 1 fully saturated rings. The van der Waals surface area contributed by atoms with Crippen LogP contribution in [0.3, 0.4) is 0 Å². The maximum Gasteiger partial charge on any atom is 0.341 e. The van der Waals surface area contributed by atoms with Crippen LogP contribution in [0.1, 0.15) is 120 Å². The van der Waals surface area contributed by atoms with Gasteiger partial charge in [-0.1, -0.05) is 71.6 Å². The van der Waals surface area contributed by atoms with Crippen LogP contribution in [-0.4, -0.2) is 23.7 Å². The number of carbonyl (C=O) groups is 1. The molecule has 1 heterocycles. The zero-order chi connectivity index (χ0) is 22.3. The molecule has 1 aliphatic rings. The number of rotatable bonds is 14. The minimum atomic E-state index is -0.443. The number of hydrogen-bond donors (Lipinski definition) is 0. The molecule has 1 aromatic rings. The molecule has 0 N–H and O–H groups in total. The zero-order valence-corrected chi connectivity index (χ0v) is 19.5. The smallest absolute Gasteiger partial charge is 0.341 e. The Labute approximate surface area is 188 Å². The Morgan fingerprint density at radius 1 is 1.03 bits per heavy atom. The molecule has 1 saturated carbocycles. The van der Waals surface area contributed by atoms with Gasteiger partial charge in [-0.2, -0.15) is 5.26 Å². The van der Waals surface area contributed by atoms with Gasteiger partial charge in [0.2, 0.25) is 5.88 Å². The predicted molar refractivity (Wildman–Crippen MR) is 123 cm³/mol. The van der Waals surface area contributed by atoms with Crippen molar-refractivity contribution in [2.24, 2.45) is 5.92 Å². The SMILES string of the molecule is CCCCCCCC1CCC(OC(=O)c2cnc(OCCCCCC)cc2C#N)CC1. The molecular weight excluding hydrogens is 388 g/mol. The lowest BCUT2D eigenvalue weighted by molar-refractivity contribution is 0.0160. The normalized spacial score (nSPS) is 18.4. The molecule has 0 spiro atoms. The van der Waals surface area contributed by atoms with Gasteiger partial charge in [-0.15, -0.1) is 0 Å². The molecule has 0 aliphatic heterocycles. The van der Waals surface area contributed by atoms with Gasteiger partial charge in [-0.05, 0) is 38.0 Å². The first-order chi connectivity index (χ1) is 15.2. The average molecular weight is 429 g/mol. The molecule has 172 valence electrons. The van der Waals surface area contributed by atoms with Crippen molar-refractivity contribution in [2.45, 2.75) is 110 Å². The van der Waals surface area contributed by atoms with E-state index in [1.807, 2.05) is 0 Å². The van der Waals surface area contributed by atoms with E-state index in [1.165, 1.54) is 57.6 Å². The van der Waals surface area contributed by atoms with Gasteiger partial charge < -0.3 is 9.47 Å². The van der Waals surface area contributed by atoms with Crippen molar-refractivity contribution in [1.29, 1.82) is 5.26 Å². The molecule has 0 saturated heterocycles. The van der Waals surface area contributed by atoms with Gasteiger partial charge >= 0.3 is 5.97 Å². The maximum absolute atomic E-state index is 12.6. The van der Waals surface area contributed by atoms with Crippen LogP contribution in [0.2, 0.25) is 0 Å². The minimum absolute atomic E-state index is 0.0510. The van der Waals surface area contributed by atoms with E-state index in [2.05, 4.69) is 24.9 Å². The highest BCUT2D eigenvalue weighted by atomic mass is 16.5. The summed E-state index contributed by atoms with van der Waals surface area (Å²) in [7, 11) is 0. The van der Waals surface area contributed by atoms with Crippen LogP contribution in [-0.2, 0) is 4.74 Å². The molecule has 2 rings (SSSR count). The fourth-order valence-electron chi connectivity index (χ4n) is 4.27. The first-order valence-corrected chi connectivity index (χ1v) is 12.4. The van der Waals surface area contributed by atoms with Gasteiger partial charge in [0.05, 0.1) is 17.7 Å². The Hall–Kier alpha value is -2.09. The minimum Gasteiger partial charge on any atom is -0.478 e. The zero-order valence-electron chi connectivity index (χ0n) is 19.5. The van der Waals surface area contributed by atoms with Gasteiger partial charge in [0.15, 0.2) is 0 Å². The predicted octanol–water partition coefficient (Wildman–Crippen LogP) is 6.99. The first-order valence-electron chi connectivity index (χ1n) is 12.4. The van der Waals surface area contributed by atoms with E-state index in [4.69, 9.17) is 9.47 Å². The quantitative estimate of drug-likeness (QED) is 0.236. The number of unbranched alkanes of at least 4 members (excludes halogenated alkanes) is 7. The Kier molecular flexibility index (Phi) is 12.0. The van der Waals surface area contributed by atoms with Crippen molar-refractivity contribution >= 4 is 5.97 Å². The van der Waals surface area contributed by atoms with E-state index >= 15 is 0 Å². The van der Waals surface area contributed by atoms with Crippen LogP contribution < -0.4 is 4.74 Å². The highest BCUT2D eigenvalue weighted by molar-refractivity contribution is 5.92. The van der Waals surface area contributed by atoms with Crippen LogP contribution in [0.5, 0.6) is 5.88 Å². The van der Waals surface area contributed by atoms with E-state index in [9.17, 15) is 10.1 Å². The van der Waals surface area contributed by atoms with Crippen molar-refractivity contribution in [3.8, 4) is 11.9 Å². The Morgan fingerprint density at radius 2 is 1.71 bits per heavy atom. The molecule has 31 heavy (non-hydrogen) atoms. The first kappa shape index (κ1) is 25.2. The molecule has 0 aromatic carbocycles. The number of nitriles is 1. The third kappa shape index (κ3) is 9.29. The number of carbonyl (C=O) groups excluding carboxylic acids is 1. The van der Waals surface area contributed by atoms with Gasteiger partial charge in [0, 0.05) is 12.3 Å². The summed E-state index contributed by atoms with van der Waals surface area (Å²) in [5.74, 6) is 0.715. The molecule has 0 radical (unpaired) electrons. The van der Waals surface area contributed by atoms with Crippen LogP contribution in [0.4, 0.5) is 0 Å². The standard InChI is InChI=1S/C26H40N2O3/c1-3-5-7-9-10-12-21-13-15-23(16-14-21)31-26(29)24-20-28-25(18-22(24)19-27)30-17-11-8-6-4-2/h18,20-21,23H,3-17H2,1-2H3. The third-order valence-electron chi connectivity index (χ3n) is 6.25. The summed E-state index contributed by atoms with van der Waals surface area (Å²) >= 11 is 0. The second kappa shape index (κ2) is 14.8. The second-order valence-electron chi connectivity index (χ2n) is 8.84. The highest BCUT2D eigenvalue weighted by Crippen LogP contribution is 2.31. The van der Waals surface area contributed by atoms with E-state index in [0.29, 0.717) is 12.5 Å². The second-order valence-corrected chi connectivity index (χ2v) is 8.84. The van der Waals surface area contributed by atoms with Gasteiger partial charge in [-0.25, -0.2) is 9.78 Å². The van der Waals surface area contributed by atoms with E-state index in [1.54, 1.807) is 6.07 Å². The number of nitrogens with zero attached hydrogens (tertiary/aromatic N) is 2. The van der Waals surface area contributed by atoms with Crippen molar-refractivity contribution in [3.05, 3.63) is 23.4 Å². The average Bonchev–Trinajstić information content (AvgIpc) is 2.79. The molecule has 0 atom stereocenters. The van der Waals surface area contributed by atoms with Crippen LogP contribution >= 0.6 is 0 Å². The fraction of sp³-hybridized carbons (Fsp3) is 0.731. The van der Waals surface area contributed by atoms with E-state index in [0.717, 1.165) is 44.4 Å². The Morgan fingerprint density at radius 3 is 2.39 bits per heavy atom. The van der Waals surface area contributed by atoms with Crippen LogP contribution in [0, 0.1) is 17.2 Å². The summed E-state index contributed by atoms with van der Waals surface area (Å²) in [5, 5.41) is 9.47. The van der Waals surface area contributed by atoms with Gasteiger partial charge in [0.1, 0.15) is 12.2 Å². The topological polar surface area (TPSA) is 72.2 Å². The van der Waals surface area contributed by atoms with Crippen molar-refractivity contribution in [3.63, 3.8) is 0 Å². The van der Waals surface area contributed by atoms with E-state index < -0.39 is 5.97 Å². The van der Waals surface area contributed by atoms with Gasteiger partial charge in [0.25, 0.3) is 0 Å². The number of esters is 1. The third-order valence-corrected chi connectivity index (χ3v) is 6.25. The van der Waals surface area contributed by atoms with Crippen LogP contribution in [0.25, 0.3) is 0 Å². The fourth-order valence-corrected chi connectivity index (χ4v) is 4.27. The lowest BCUT2D eigenvalue weighted by Crippen LogP contribution is -2.25. The van der Waals surface area contributed by atoms with Gasteiger partial charge in [-0.3, -0.25) is 0 Å². The highest BCUT2D eigenvalue weighted by Gasteiger charge is 2.25. The molecule has 1 aromatic heterocycles. The van der Waals surface area contributed by atoms with Crippen molar-refractivity contribution in [1.82, 2.24) is 4.98 Å². The Bertz CT molecular complexity index is 690. The molecular formula is C26H40N2O3. The summed E-state index contributed by atoms with van der Waals surface area (Å²) in [5.41, 5.74) is 0.503. The summed E-state index contributed by atoms with van der Waals surface area (Å²) in [6, 6.07) is 3.64. The summed E-state index contributed by atoms with van der Waals surface area (Å²) in [6.07, 6.45) is 17.8. The molecule has 0 unspecified atom stereocenters. The number of hydrogen-bond acceptors (Lipinski definition) is 5. The monoisotopic (exact) mass is 428 g/mol. The molecule has 0 bridgehead atoms. The number of pyridine rings is 1. The summed E-state index contributed by atoms with van der Waals surface area (Å²) < 4.78 is 11.4. The lowest BCUT2D eigenvalue weighted by atomic mass is 9.84. The van der Waals surface area contributed by atoms with Crippen molar-refractivity contribution in [2.75, 3.05) is 6.61 Å². The largest absolute Gasteiger partial charge is 0.478 e. The molecule has 5 nitrogen and oxygen atoms in total. The molecule has 0 amide bonds. The van der Waals surface area contributed by atoms with Crippen molar-refractivity contribution < 1.29 is 14.3 Å². The summed E-state index contributed by atoms with van der Waals surface area (Å²) in [6.45, 7) is 4.99. The maximum atomic E-state index is 12.6. The molecule has 5 heteroatoms. The number of aromatic nitrogens is 1. The summed E-state index contributed by atoms with van der Waals surface area (Å²) in [4.78, 5) is 16.8. The number of ether oxygens (including phenoxy) is 2. The Balaban J connectivity index is 1.76. The van der Waals surface area contributed by atoms with E-state index in [-0.39, 0.29) is 17.2 Å².